The van der Waals surface area contributed by atoms with Gasteiger partial charge in [-0.15, -0.1) is 11.6 Å². The van der Waals surface area contributed by atoms with E-state index in [1.807, 2.05) is 0 Å². The number of rotatable bonds is 5. The van der Waals surface area contributed by atoms with E-state index in [0.29, 0.717) is 12.2 Å². The van der Waals surface area contributed by atoms with E-state index in [1.165, 1.54) is 23.5 Å². The standard InChI is InChI=1S/C14H19ClFNO3S/c1-17(10-13-4-2-3-7-20-13)21(18,19)14-8-12(16)6-5-11(14)9-15/h5-6,8,13H,2-4,7,9-10H2,1H3. The quantitative estimate of drug-likeness (QED) is 0.777. The summed E-state index contributed by atoms with van der Waals surface area (Å²) in [5.74, 6) is -0.576. The van der Waals surface area contributed by atoms with E-state index in [1.54, 1.807) is 0 Å². The van der Waals surface area contributed by atoms with E-state index in [0.717, 1.165) is 25.3 Å². The highest BCUT2D eigenvalue weighted by atomic mass is 35.5. The fourth-order valence-electron chi connectivity index (χ4n) is 2.38. The molecule has 1 aromatic rings. The summed E-state index contributed by atoms with van der Waals surface area (Å²) in [5, 5.41) is 0. The number of halogens is 2. The zero-order valence-corrected chi connectivity index (χ0v) is 13.5. The molecule has 1 atom stereocenters. The second-order valence-corrected chi connectivity index (χ2v) is 7.44. The number of alkyl halides is 1. The van der Waals surface area contributed by atoms with Gasteiger partial charge in [0.2, 0.25) is 10.0 Å². The Hall–Kier alpha value is -0.690. The van der Waals surface area contributed by atoms with Crippen LogP contribution >= 0.6 is 11.6 Å². The number of hydrogen-bond donors (Lipinski definition) is 0. The molecule has 1 unspecified atom stereocenters. The zero-order chi connectivity index (χ0) is 15.5. The minimum Gasteiger partial charge on any atom is -0.377 e. The maximum absolute atomic E-state index is 13.4. The van der Waals surface area contributed by atoms with Gasteiger partial charge in [0.1, 0.15) is 5.82 Å². The summed E-state index contributed by atoms with van der Waals surface area (Å²) in [5.41, 5.74) is 0.398. The first-order valence-electron chi connectivity index (χ1n) is 6.87. The molecule has 1 fully saturated rings. The fourth-order valence-corrected chi connectivity index (χ4v) is 4.13. The monoisotopic (exact) mass is 335 g/mol. The molecule has 7 heteroatoms. The molecule has 0 saturated carbocycles. The zero-order valence-electron chi connectivity index (χ0n) is 11.9. The predicted molar refractivity (Wildman–Crippen MR) is 79.4 cm³/mol. The molecule has 0 radical (unpaired) electrons. The molecule has 0 aliphatic carbocycles. The van der Waals surface area contributed by atoms with Crippen LogP contribution in [0.2, 0.25) is 0 Å². The van der Waals surface area contributed by atoms with Crippen molar-refractivity contribution in [3.8, 4) is 0 Å². The average molecular weight is 336 g/mol. The largest absolute Gasteiger partial charge is 0.377 e. The average Bonchev–Trinajstić information content (AvgIpc) is 2.48. The van der Waals surface area contributed by atoms with E-state index in [4.69, 9.17) is 16.3 Å². The molecular weight excluding hydrogens is 317 g/mol. The lowest BCUT2D eigenvalue weighted by Gasteiger charge is -2.27. The van der Waals surface area contributed by atoms with Crippen molar-refractivity contribution in [3.05, 3.63) is 29.6 Å². The van der Waals surface area contributed by atoms with Crippen LogP contribution in [0.4, 0.5) is 4.39 Å². The third-order valence-corrected chi connectivity index (χ3v) is 5.79. The highest BCUT2D eigenvalue weighted by Gasteiger charge is 2.27. The molecule has 1 saturated heterocycles. The normalized spacial score (nSPS) is 19.9. The number of nitrogens with zero attached hydrogens (tertiary/aromatic N) is 1. The van der Waals surface area contributed by atoms with Crippen LogP contribution in [-0.2, 0) is 20.6 Å². The van der Waals surface area contributed by atoms with Crippen molar-refractivity contribution in [2.75, 3.05) is 20.2 Å². The maximum atomic E-state index is 13.4. The molecule has 2 rings (SSSR count). The van der Waals surface area contributed by atoms with Gasteiger partial charge in [-0.2, -0.15) is 4.31 Å². The number of hydrogen-bond acceptors (Lipinski definition) is 3. The van der Waals surface area contributed by atoms with Crippen LogP contribution in [0.5, 0.6) is 0 Å². The highest BCUT2D eigenvalue weighted by Crippen LogP contribution is 2.23. The molecule has 1 aliphatic heterocycles. The van der Waals surface area contributed by atoms with Gasteiger partial charge in [0, 0.05) is 26.1 Å². The van der Waals surface area contributed by atoms with Crippen molar-refractivity contribution in [3.63, 3.8) is 0 Å². The summed E-state index contributed by atoms with van der Waals surface area (Å²) in [6.07, 6.45) is 2.77. The molecule has 21 heavy (non-hydrogen) atoms. The molecule has 0 amide bonds. The Morgan fingerprint density at radius 2 is 2.19 bits per heavy atom. The van der Waals surface area contributed by atoms with Crippen LogP contribution < -0.4 is 0 Å². The summed E-state index contributed by atoms with van der Waals surface area (Å²) < 4.78 is 45.3. The maximum Gasteiger partial charge on any atom is 0.243 e. The molecule has 4 nitrogen and oxygen atoms in total. The van der Waals surface area contributed by atoms with Gasteiger partial charge in [-0.05, 0) is 37.0 Å². The van der Waals surface area contributed by atoms with Crippen molar-refractivity contribution >= 4 is 21.6 Å². The van der Waals surface area contributed by atoms with E-state index in [9.17, 15) is 12.8 Å². The molecule has 118 valence electrons. The molecule has 0 aromatic heterocycles. The first-order chi connectivity index (χ1) is 9.95. The van der Waals surface area contributed by atoms with Crippen LogP contribution in [-0.4, -0.2) is 39.0 Å². The first kappa shape index (κ1) is 16.7. The number of sulfonamides is 1. The Kier molecular flexibility index (Phi) is 5.60. The summed E-state index contributed by atoms with van der Waals surface area (Å²) in [7, 11) is -2.29. The van der Waals surface area contributed by atoms with Crippen LogP contribution in [0.25, 0.3) is 0 Å². The van der Waals surface area contributed by atoms with Gasteiger partial charge in [0.25, 0.3) is 0 Å². The summed E-state index contributed by atoms with van der Waals surface area (Å²) in [6.45, 7) is 0.923. The topological polar surface area (TPSA) is 46.6 Å². The van der Waals surface area contributed by atoms with Crippen LogP contribution in [0, 0.1) is 5.82 Å². The number of ether oxygens (including phenoxy) is 1. The van der Waals surface area contributed by atoms with Crippen LogP contribution in [0.3, 0.4) is 0 Å². The van der Waals surface area contributed by atoms with Crippen LogP contribution in [0.15, 0.2) is 23.1 Å². The van der Waals surface area contributed by atoms with Gasteiger partial charge >= 0.3 is 0 Å². The third-order valence-electron chi connectivity index (χ3n) is 3.60. The first-order valence-corrected chi connectivity index (χ1v) is 8.85. The molecular formula is C14H19ClFNO3S. The minimum absolute atomic E-state index is 0.0165. The lowest BCUT2D eigenvalue weighted by molar-refractivity contribution is 0.00858. The lowest BCUT2D eigenvalue weighted by Crippen LogP contribution is -2.37. The minimum atomic E-state index is -3.77. The second kappa shape index (κ2) is 7.05. The highest BCUT2D eigenvalue weighted by molar-refractivity contribution is 7.89. The second-order valence-electron chi connectivity index (χ2n) is 5.16. The molecule has 0 N–H and O–H groups in total. The van der Waals surface area contributed by atoms with Crippen molar-refractivity contribution in [2.45, 2.75) is 36.1 Å². The smallest absolute Gasteiger partial charge is 0.243 e. The van der Waals surface area contributed by atoms with Gasteiger partial charge in [-0.25, -0.2) is 12.8 Å². The van der Waals surface area contributed by atoms with Gasteiger partial charge in [-0.3, -0.25) is 0 Å². The number of benzene rings is 1. The Bertz CT molecular complexity index is 588. The Morgan fingerprint density at radius 1 is 1.43 bits per heavy atom. The van der Waals surface area contributed by atoms with Gasteiger partial charge in [0.15, 0.2) is 0 Å². The van der Waals surface area contributed by atoms with Crippen molar-refractivity contribution < 1.29 is 17.5 Å². The summed E-state index contributed by atoms with van der Waals surface area (Å²) in [6, 6.07) is 3.63. The Morgan fingerprint density at radius 3 is 2.81 bits per heavy atom. The van der Waals surface area contributed by atoms with Crippen LogP contribution in [0.1, 0.15) is 24.8 Å². The van der Waals surface area contributed by atoms with Gasteiger partial charge < -0.3 is 4.74 Å². The molecule has 1 heterocycles. The lowest BCUT2D eigenvalue weighted by atomic mass is 10.1. The molecule has 0 spiro atoms. The van der Waals surface area contributed by atoms with Gasteiger partial charge in [0.05, 0.1) is 11.0 Å². The van der Waals surface area contributed by atoms with Crippen molar-refractivity contribution in [2.24, 2.45) is 0 Å². The third kappa shape index (κ3) is 3.94. The summed E-state index contributed by atoms with van der Waals surface area (Å²) >= 11 is 5.76. The van der Waals surface area contributed by atoms with E-state index in [2.05, 4.69) is 0 Å². The van der Waals surface area contributed by atoms with Crippen molar-refractivity contribution in [1.29, 1.82) is 0 Å². The van der Waals surface area contributed by atoms with E-state index >= 15 is 0 Å². The SMILES string of the molecule is CN(CC1CCCCO1)S(=O)(=O)c1cc(F)ccc1CCl. The van der Waals surface area contributed by atoms with Gasteiger partial charge in [-0.1, -0.05) is 6.07 Å². The molecule has 1 aromatic carbocycles. The Labute approximate surface area is 129 Å². The molecule has 0 bridgehead atoms. The fraction of sp³-hybridized carbons (Fsp3) is 0.571. The van der Waals surface area contributed by atoms with E-state index in [-0.39, 0.29) is 23.4 Å². The predicted octanol–water partition coefficient (Wildman–Crippen LogP) is 2.75. The molecule has 1 aliphatic rings. The Balaban J connectivity index is 2.22. The van der Waals surface area contributed by atoms with E-state index < -0.39 is 15.8 Å². The number of likely N-dealkylation sites (N-methyl/N-ethyl adjacent to an activating group) is 1. The van der Waals surface area contributed by atoms with Crippen molar-refractivity contribution in [1.82, 2.24) is 4.31 Å². The summed E-state index contributed by atoms with van der Waals surface area (Å²) in [4.78, 5) is -0.0733.